The fourth-order valence-electron chi connectivity index (χ4n) is 1.54. The molecule has 0 spiro atoms. The highest BCUT2D eigenvalue weighted by Crippen LogP contribution is 2.19. The molecule has 0 aliphatic rings. The number of hydrogen-bond acceptors (Lipinski definition) is 4. The van der Waals surface area contributed by atoms with Crippen molar-refractivity contribution in [3.63, 3.8) is 0 Å². The molecule has 6 heteroatoms. The molecule has 2 aromatic rings. The number of ether oxygens (including phenoxy) is 1. The molecule has 1 unspecified atom stereocenters. The van der Waals surface area contributed by atoms with Crippen molar-refractivity contribution in [2.45, 2.75) is 19.6 Å². The highest BCUT2D eigenvalue weighted by Gasteiger charge is 2.07. The van der Waals surface area contributed by atoms with E-state index in [1.165, 1.54) is 31.2 Å². The van der Waals surface area contributed by atoms with Crippen molar-refractivity contribution in [3.8, 4) is 11.6 Å². The first-order valence-corrected chi connectivity index (χ1v) is 6.39. The van der Waals surface area contributed by atoms with Crippen molar-refractivity contribution >= 4 is 5.91 Å². The molecule has 21 heavy (non-hydrogen) atoms. The summed E-state index contributed by atoms with van der Waals surface area (Å²) in [4.78, 5) is 15.3. The molecule has 2 N–H and O–H groups in total. The lowest BCUT2D eigenvalue weighted by molar-refractivity contribution is -0.128. The third kappa shape index (κ3) is 4.54. The fraction of sp³-hybridized carbons (Fsp3) is 0.200. The molecule has 0 aliphatic heterocycles. The number of nitrogens with one attached hydrogen (secondary N) is 1. The molecule has 1 amide bonds. The van der Waals surface area contributed by atoms with Crippen LogP contribution in [0.3, 0.4) is 0 Å². The van der Waals surface area contributed by atoms with Crippen molar-refractivity contribution in [1.82, 2.24) is 10.3 Å². The highest BCUT2D eigenvalue weighted by atomic mass is 19.1. The van der Waals surface area contributed by atoms with E-state index >= 15 is 0 Å². The van der Waals surface area contributed by atoms with Crippen molar-refractivity contribution in [1.29, 1.82) is 0 Å². The van der Waals surface area contributed by atoms with Crippen molar-refractivity contribution in [2.24, 2.45) is 0 Å². The van der Waals surface area contributed by atoms with Gasteiger partial charge in [-0.05, 0) is 36.8 Å². The van der Waals surface area contributed by atoms with Gasteiger partial charge in [0, 0.05) is 18.8 Å². The number of hydrogen-bond donors (Lipinski definition) is 2. The fourth-order valence-corrected chi connectivity index (χ4v) is 1.54. The van der Waals surface area contributed by atoms with Gasteiger partial charge in [0.05, 0.1) is 0 Å². The number of aliphatic hydroxyl groups excluding tert-OH is 1. The molecule has 0 bridgehead atoms. The van der Waals surface area contributed by atoms with E-state index in [-0.39, 0.29) is 12.4 Å². The van der Waals surface area contributed by atoms with Gasteiger partial charge >= 0.3 is 0 Å². The highest BCUT2D eigenvalue weighted by molar-refractivity contribution is 5.79. The maximum atomic E-state index is 12.8. The third-order valence-corrected chi connectivity index (χ3v) is 2.68. The normalized spacial score (nSPS) is 11.8. The van der Waals surface area contributed by atoms with Crippen molar-refractivity contribution < 1.29 is 19.0 Å². The summed E-state index contributed by atoms with van der Waals surface area (Å²) < 4.78 is 18.2. The van der Waals surface area contributed by atoms with E-state index in [1.54, 1.807) is 18.3 Å². The number of amides is 1. The quantitative estimate of drug-likeness (QED) is 0.883. The molecule has 0 saturated carbocycles. The molecule has 0 radical (unpaired) electrons. The van der Waals surface area contributed by atoms with Crippen LogP contribution < -0.4 is 10.1 Å². The van der Waals surface area contributed by atoms with Crippen molar-refractivity contribution in [2.75, 3.05) is 0 Å². The van der Waals surface area contributed by atoms with Crippen LogP contribution in [0.25, 0.3) is 0 Å². The lowest BCUT2D eigenvalue weighted by Gasteiger charge is -2.08. The van der Waals surface area contributed by atoms with Crippen LogP contribution in [0, 0.1) is 5.82 Å². The predicted octanol–water partition coefficient (Wildman–Crippen LogP) is 2.01. The SMILES string of the molecule is CC(O)C(=O)NCc1ccc(Oc2ccc(F)cc2)nc1. The lowest BCUT2D eigenvalue weighted by atomic mass is 10.2. The molecule has 0 saturated heterocycles. The number of aromatic nitrogens is 1. The van der Waals surface area contributed by atoms with Crippen molar-refractivity contribution in [3.05, 3.63) is 54.0 Å². The first kappa shape index (κ1) is 14.9. The van der Waals surface area contributed by atoms with E-state index in [0.717, 1.165) is 5.56 Å². The second kappa shape index (κ2) is 6.81. The van der Waals surface area contributed by atoms with Crippen LogP contribution >= 0.6 is 0 Å². The number of aliphatic hydroxyl groups is 1. The van der Waals surface area contributed by atoms with Gasteiger partial charge in [-0.1, -0.05) is 6.07 Å². The summed E-state index contributed by atoms with van der Waals surface area (Å²) >= 11 is 0. The number of halogens is 1. The van der Waals surface area contributed by atoms with Crippen LogP contribution in [0.15, 0.2) is 42.6 Å². The second-order valence-electron chi connectivity index (χ2n) is 4.45. The molecule has 1 atom stereocenters. The Morgan fingerprint density at radius 3 is 2.62 bits per heavy atom. The average molecular weight is 290 g/mol. The average Bonchev–Trinajstić information content (AvgIpc) is 2.48. The summed E-state index contributed by atoms with van der Waals surface area (Å²) in [7, 11) is 0. The zero-order valence-electron chi connectivity index (χ0n) is 11.4. The molecule has 0 fully saturated rings. The molecule has 0 aliphatic carbocycles. The Morgan fingerprint density at radius 1 is 1.33 bits per heavy atom. The van der Waals surface area contributed by atoms with Gasteiger partial charge in [-0.2, -0.15) is 0 Å². The van der Waals surface area contributed by atoms with E-state index in [9.17, 15) is 9.18 Å². The summed E-state index contributed by atoms with van der Waals surface area (Å²) in [5.74, 6) is 0.0763. The van der Waals surface area contributed by atoms with E-state index in [4.69, 9.17) is 9.84 Å². The van der Waals surface area contributed by atoms with E-state index < -0.39 is 12.0 Å². The van der Waals surface area contributed by atoms with Gasteiger partial charge in [0.1, 0.15) is 17.7 Å². The molecule has 110 valence electrons. The van der Waals surface area contributed by atoms with Gasteiger partial charge < -0.3 is 15.2 Å². The minimum absolute atomic E-state index is 0.271. The van der Waals surface area contributed by atoms with Gasteiger partial charge in [0.25, 0.3) is 0 Å². The largest absolute Gasteiger partial charge is 0.439 e. The zero-order valence-corrected chi connectivity index (χ0v) is 11.4. The van der Waals surface area contributed by atoms with Gasteiger partial charge in [-0.15, -0.1) is 0 Å². The van der Waals surface area contributed by atoms with Crippen LogP contribution in [-0.2, 0) is 11.3 Å². The van der Waals surface area contributed by atoms with E-state index in [0.29, 0.717) is 11.6 Å². The predicted molar refractivity (Wildman–Crippen MR) is 74.2 cm³/mol. The Labute approximate surface area is 121 Å². The molecule has 1 heterocycles. The number of benzene rings is 1. The molecule has 5 nitrogen and oxygen atoms in total. The minimum atomic E-state index is -1.04. The molecular formula is C15H15FN2O3. The Kier molecular flexibility index (Phi) is 4.84. The van der Waals surface area contributed by atoms with Crippen LogP contribution in [0.5, 0.6) is 11.6 Å². The van der Waals surface area contributed by atoms with E-state index in [1.807, 2.05) is 0 Å². The zero-order chi connectivity index (χ0) is 15.2. The number of rotatable bonds is 5. The standard InChI is InChI=1S/C15H15FN2O3/c1-10(19)15(20)18-9-11-2-7-14(17-8-11)21-13-5-3-12(16)4-6-13/h2-8,10,19H,9H2,1H3,(H,18,20). The monoisotopic (exact) mass is 290 g/mol. The van der Waals surface area contributed by atoms with Crippen LogP contribution in [0.1, 0.15) is 12.5 Å². The summed E-state index contributed by atoms with van der Waals surface area (Å²) in [5.41, 5.74) is 0.774. The van der Waals surface area contributed by atoms with Gasteiger partial charge in [0.15, 0.2) is 0 Å². The van der Waals surface area contributed by atoms with Gasteiger partial charge in [-0.3, -0.25) is 4.79 Å². The number of carbonyl (C=O) groups excluding carboxylic acids is 1. The maximum absolute atomic E-state index is 12.8. The Bertz CT molecular complexity index is 597. The molecule has 1 aromatic heterocycles. The number of carbonyl (C=O) groups is 1. The Hall–Kier alpha value is -2.47. The summed E-state index contributed by atoms with van der Waals surface area (Å²) in [6, 6.07) is 9.01. The number of nitrogens with zero attached hydrogens (tertiary/aromatic N) is 1. The first-order valence-electron chi connectivity index (χ1n) is 6.39. The Morgan fingerprint density at radius 2 is 2.05 bits per heavy atom. The summed E-state index contributed by atoms with van der Waals surface area (Å²) in [6.45, 7) is 1.67. The molecule has 1 aromatic carbocycles. The van der Waals surface area contributed by atoms with E-state index in [2.05, 4.69) is 10.3 Å². The topological polar surface area (TPSA) is 71.5 Å². The Balaban J connectivity index is 1.92. The van der Waals surface area contributed by atoms with Crippen LogP contribution in [0.4, 0.5) is 4.39 Å². The summed E-state index contributed by atoms with van der Waals surface area (Å²) in [5, 5.41) is 11.6. The van der Waals surface area contributed by atoms with Gasteiger partial charge in [0.2, 0.25) is 11.8 Å². The summed E-state index contributed by atoms with van der Waals surface area (Å²) in [6.07, 6.45) is 0.514. The number of pyridine rings is 1. The smallest absolute Gasteiger partial charge is 0.248 e. The minimum Gasteiger partial charge on any atom is -0.439 e. The molecule has 2 rings (SSSR count). The second-order valence-corrected chi connectivity index (χ2v) is 4.45. The molecular weight excluding hydrogens is 275 g/mol. The van der Waals surface area contributed by atoms with Crippen LogP contribution in [0.2, 0.25) is 0 Å². The van der Waals surface area contributed by atoms with Gasteiger partial charge in [-0.25, -0.2) is 9.37 Å². The maximum Gasteiger partial charge on any atom is 0.248 e. The third-order valence-electron chi connectivity index (χ3n) is 2.68. The first-order chi connectivity index (χ1) is 10.0. The van der Waals surface area contributed by atoms with Crippen LogP contribution in [-0.4, -0.2) is 22.1 Å². The lowest BCUT2D eigenvalue weighted by Crippen LogP contribution is -2.31.